The Morgan fingerprint density at radius 2 is 1.93 bits per heavy atom. The number of ether oxygens (including phenoxy) is 2. The lowest BCUT2D eigenvalue weighted by Crippen LogP contribution is -2.42. The van der Waals surface area contributed by atoms with Crippen LogP contribution in [0, 0.1) is 5.92 Å². The second-order valence-electron chi connectivity index (χ2n) is 7.39. The zero-order chi connectivity index (χ0) is 19.8. The number of hydrogen-bond donors (Lipinski definition) is 2. The van der Waals surface area contributed by atoms with Gasteiger partial charge >= 0.3 is 0 Å². The minimum Gasteiger partial charge on any atom is -0.376 e. The molecule has 0 aliphatic carbocycles. The first kappa shape index (κ1) is 21.4. The van der Waals surface area contributed by atoms with Crippen molar-refractivity contribution in [2.75, 3.05) is 18.5 Å². The number of carbonyl (C=O) groups is 2. The molecule has 0 saturated carbocycles. The van der Waals surface area contributed by atoms with Gasteiger partial charge in [0.05, 0.1) is 18.8 Å². The van der Waals surface area contributed by atoms with Crippen molar-refractivity contribution in [2.45, 2.75) is 65.2 Å². The molecule has 1 aromatic carbocycles. The Morgan fingerprint density at radius 3 is 2.48 bits per heavy atom. The molecule has 0 bridgehead atoms. The van der Waals surface area contributed by atoms with Crippen LogP contribution in [0.25, 0.3) is 0 Å². The number of benzene rings is 1. The van der Waals surface area contributed by atoms with E-state index in [1.165, 1.54) is 0 Å². The molecule has 0 radical (unpaired) electrons. The molecule has 1 fully saturated rings. The molecule has 1 aliphatic rings. The van der Waals surface area contributed by atoms with Crippen LogP contribution in [0.15, 0.2) is 24.3 Å². The predicted octanol–water partition coefficient (Wildman–Crippen LogP) is 3.43. The molecule has 3 atom stereocenters. The molecule has 1 saturated heterocycles. The van der Waals surface area contributed by atoms with Crippen LogP contribution in [-0.4, -0.2) is 37.2 Å². The van der Waals surface area contributed by atoms with Gasteiger partial charge in [0.15, 0.2) is 0 Å². The number of anilines is 1. The highest BCUT2D eigenvalue weighted by Gasteiger charge is 2.26. The average molecular weight is 376 g/mol. The fourth-order valence-electron chi connectivity index (χ4n) is 3.04. The summed E-state index contributed by atoms with van der Waals surface area (Å²) in [6, 6.07) is 7.36. The van der Waals surface area contributed by atoms with Crippen LogP contribution in [0.2, 0.25) is 0 Å². The summed E-state index contributed by atoms with van der Waals surface area (Å²) in [5.74, 6) is -0.0589. The molecule has 2 N–H and O–H groups in total. The molecular weight excluding hydrogens is 344 g/mol. The first-order valence-corrected chi connectivity index (χ1v) is 9.84. The van der Waals surface area contributed by atoms with Gasteiger partial charge in [-0.3, -0.25) is 9.59 Å². The van der Waals surface area contributed by atoms with Crippen LogP contribution in [-0.2, 0) is 19.1 Å². The third kappa shape index (κ3) is 6.63. The SMILES string of the molecule is CCC(=O)Nc1ccc([C@H](C)NC(=O)[C@@H](OC[C@@H]2CCCO2)C(C)C)cc1. The Morgan fingerprint density at radius 1 is 1.22 bits per heavy atom. The van der Waals surface area contributed by atoms with Gasteiger partial charge in [0.2, 0.25) is 11.8 Å². The van der Waals surface area contributed by atoms with Crippen LogP contribution in [0.5, 0.6) is 0 Å². The Bertz CT molecular complexity index is 609. The van der Waals surface area contributed by atoms with E-state index < -0.39 is 6.10 Å². The van der Waals surface area contributed by atoms with E-state index >= 15 is 0 Å². The average Bonchev–Trinajstić information content (AvgIpc) is 3.15. The highest BCUT2D eigenvalue weighted by molar-refractivity contribution is 5.90. The Kier molecular flexibility index (Phi) is 8.25. The largest absolute Gasteiger partial charge is 0.376 e. The molecule has 6 heteroatoms. The summed E-state index contributed by atoms with van der Waals surface area (Å²) in [6.07, 6.45) is 2.08. The lowest BCUT2D eigenvalue weighted by molar-refractivity contribution is -0.139. The maximum atomic E-state index is 12.7. The van der Waals surface area contributed by atoms with E-state index in [1.54, 1.807) is 0 Å². The molecule has 0 unspecified atom stereocenters. The van der Waals surface area contributed by atoms with Gasteiger partial charge in [-0.1, -0.05) is 32.9 Å². The Labute approximate surface area is 162 Å². The molecule has 1 aliphatic heterocycles. The van der Waals surface area contributed by atoms with Gasteiger partial charge in [-0.05, 0) is 43.4 Å². The minimum absolute atomic E-state index is 0.0210. The Balaban J connectivity index is 1.90. The Hall–Kier alpha value is -1.92. The summed E-state index contributed by atoms with van der Waals surface area (Å²) < 4.78 is 11.5. The summed E-state index contributed by atoms with van der Waals surface area (Å²) in [6.45, 7) is 8.95. The highest BCUT2D eigenvalue weighted by Crippen LogP contribution is 2.19. The van der Waals surface area contributed by atoms with E-state index in [9.17, 15) is 9.59 Å². The zero-order valence-corrected chi connectivity index (χ0v) is 16.8. The van der Waals surface area contributed by atoms with Crippen molar-refractivity contribution in [3.8, 4) is 0 Å². The van der Waals surface area contributed by atoms with E-state index in [0.717, 1.165) is 30.7 Å². The molecule has 0 aromatic heterocycles. The van der Waals surface area contributed by atoms with Gasteiger partial charge in [-0.2, -0.15) is 0 Å². The fourth-order valence-corrected chi connectivity index (χ4v) is 3.04. The minimum atomic E-state index is -0.500. The van der Waals surface area contributed by atoms with Gasteiger partial charge in [-0.25, -0.2) is 0 Å². The van der Waals surface area contributed by atoms with Crippen molar-refractivity contribution < 1.29 is 19.1 Å². The van der Waals surface area contributed by atoms with E-state index in [2.05, 4.69) is 10.6 Å². The van der Waals surface area contributed by atoms with Gasteiger partial charge in [0, 0.05) is 18.7 Å². The van der Waals surface area contributed by atoms with Crippen LogP contribution >= 0.6 is 0 Å². The quantitative estimate of drug-likeness (QED) is 0.692. The van der Waals surface area contributed by atoms with Gasteiger partial charge in [0.25, 0.3) is 0 Å². The fraction of sp³-hybridized carbons (Fsp3) is 0.619. The predicted molar refractivity (Wildman–Crippen MR) is 105 cm³/mol. The van der Waals surface area contributed by atoms with Crippen LogP contribution in [0.3, 0.4) is 0 Å². The van der Waals surface area contributed by atoms with Crippen molar-refractivity contribution >= 4 is 17.5 Å². The van der Waals surface area contributed by atoms with Crippen molar-refractivity contribution in [3.05, 3.63) is 29.8 Å². The van der Waals surface area contributed by atoms with Crippen molar-refractivity contribution in [1.29, 1.82) is 0 Å². The van der Waals surface area contributed by atoms with Crippen molar-refractivity contribution in [1.82, 2.24) is 5.32 Å². The zero-order valence-electron chi connectivity index (χ0n) is 16.8. The standard InChI is InChI=1S/C21H32N2O4/c1-5-19(24)23-17-10-8-16(9-11-17)15(4)22-21(25)20(14(2)3)27-13-18-7-6-12-26-18/h8-11,14-15,18,20H,5-7,12-13H2,1-4H3,(H,22,25)(H,23,24)/t15-,18-,20-/m0/s1. The smallest absolute Gasteiger partial charge is 0.249 e. The third-order valence-corrected chi connectivity index (χ3v) is 4.72. The second-order valence-corrected chi connectivity index (χ2v) is 7.39. The highest BCUT2D eigenvalue weighted by atomic mass is 16.5. The number of rotatable bonds is 9. The van der Waals surface area contributed by atoms with Gasteiger partial charge < -0.3 is 20.1 Å². The normalized spacial score (nSPS) is 18.9. The summed E-state index contributed by atoms with van der Waals surface area (Å²) in [5.41, 5.74) is 1.73. The van der Waals surface area contributed by atoms with E-state index in [-0.39, 0.29) is 29.9 Å². The molecular formula is C21H32N2O4. The number of hydrogen-bond acceptors (Lipinski definition) is 4. The van der Waals surface area contributed by atoms with Crippen LogP contribution in [0.1, 0.15) is 58.6 Å². The van der Waals surface area contributed by atoms with Crippen LogP contribution < -0.4 is 10.6 Å². The monoisotopic (exact) mass is 376 g/mol. The van der Waals surface area contributed by atoms with Crippen molar-refractivity contribution in [2.24, 2.45) is 5.92 Å². The van der Waals surface area contributed by atoms with Crippen LogP contribution in [0.4, 0.5) is 5.69 Å². The molecule has 150 valence electrons. The topological polar surface area (TPSA) is 76.7 Å². The lowest BCUT2D eigenvalue weighted by atomic mass is 10.0. The van der Waals surface area contributed by atoms with Gasteiger partial charge in [-0.15, -0.1) is 0 Å². The molecule has 27 heavy (non-hydrogen) atoms. The molecule has 6 nitrogen and oxygen atoms in total. The van der Waals surface area contributed by atoms with E-state index in [4.69, 9.17) is 9.47 Å². The maximum absolute atomic E-state index is 12.7. The van der Waals surface area contributed by atoms with E-state index in [0.29, 0.717) is 13.0 Å². The first-order chi connectivity index (χ1) is 12.9. The van der Waals surface area contributed by atoms with Crippen molar-refractivity contribution in [3.63, 3.8) is 0 Å². The maximum Gasteiger partial charge on any atom is 0.249 e. The number of nitrogens with one attached hydrogen (secondary N) is 2. The number of amides is 2. The third-order valence-electron chi connectivity index (χ3n) is 4.72. The number of carbonyl (C=O) groups excluding carboxylic acids is 2. The summed E-state index contributed by atoms with van der Waals surface area (Å²) in [4.78, 5) is 24.1. The molecule has 1 heterocycles. The van der Waals surface area contributed by atoms with E-state index in [1.807, 2.05) is 52.0 Å². The summed E-state index contributed by atoms with van der Waals surface area (Å²) in [5, 5.41) is 5.85. The lowest BCUT2D eigenvalue weighted by Gasteiger charge is -2.24. The summed E-state index contributed by atoms with van der Waals surface area (Å²) >= 11 is 0. The molecule has 0 spiro atoms. The van der Waals surface area contributed by atoms with Gasteiger partial charge in [0.1, 0.15) is 6.10 Å². The second kappa shape index (κ2) is 10.4. The molecule has 1 aromatic rings. The first-order valence-electron chi connectivity index (χ1n) is 9.84. The molecule has 2 amide bonds. The summed E-state index contributed by atoms with van der Waals surface area (Å²) in [7, 11) is 0. The molecule has 2 rings (SSSR count).